The number of aliphatic hydroxyl groups excluding tert-OH is 1. The van der Waals surface area contributed by atoms with Crippen LogP contribution in [0.3, 0.4) is 0 Å². The van der Waals surface area contributed by atoms with Crippen LogP contribution in [-0.2, 0) is 16.0 Å². The summed E-state index contributed by atoms with van der Waals surface area (Å²) >= 11 is 0. The number of methoxy groups -OCH3 is 2. The first-order valence-corrected chi connectivity index (χ1v) is 9.40. The SMILES string of the molecule is COc1cc([C@H]2c3cc(O)c(OC)cc3C[C@@H](COC(C)=O)[C@@H]2CO)ccc1O. The smallest absolute Gasteiger partial charge is 0.302 e. The molecule has 1 aliphatic carbocycles. The number of phenolic OH excluding ortho intramolecular Hbond substituents is 2. The van der Waals surface area contributed by atoms with Crippen LogP contribution in [0, 0.1) is 11.8 Å². The summed E-state index contributed by atoms with van der Waals surface area (Å²) in [6, 6.07) is 8.47. The minimum atomic E-state index is -0.376. The maximum Gasteiger partial charge on any atom is 0.302 e. The van der Waals surface area contributed by atoms with Gasteiger partial charge < -0.3 is 29.5 Å². The van der Waals surface area contributed by atoms with Gasteiger partial charge in [-0.3, -0.25) is 4.79 Å². The lowest BCUT2D eigenvalue weighted by atomic mass is 9.67. The van der Waals surface area contributed by atoms with Gasteiger partial charge in [0.15, 0.2) is 23.0 Å². The Bertz CT molecular complexity index is 893. The molecule has 0 saturated heterocycles. The van der Waals surface area contributed by atoms with Crippen LogP contribution in [0.15, 0.2) is 30.3 Å². The van der Waals surface area contributed by atoms with Gasteiger partial charge in [-0.05, 0) is 53.3 Å². The second kappa shape index (κ2) is 8.61. The second-order valence-electron chi connectivity index (χ2n) is 7.25. The van der Waals surface area contributed by atoms with E-state index in [2.05, 4.69) is 0 Å². The monoisotopic (exact) mass is 402 g/mol. The van der Waals surface area contributed by atoms with Crippen molar-refractivity contribution in [3.63, 3.8) is 0 Å². The van der Waals surface area contributed by atoms with Crippen LogP contribution in [0.4, 0.5) is 0 Å². The van der Waals surface area contributed by atoms with Gasteiger partial charge in [-0.15, -0.1) is 0 Å². The van der Waals surface area contributed by atoms with Crippen molar-refractivity contribution < 1.29 is 34.3 Å². The van der Waals surface area contributed by atoms with Crippen molar-refractivity contribution >= 4 is 5.97 Å². The Balaban J connectivity index is 2.14. The van der Waals surface area contributed by atoms with E-state index in [0.29, 0.717) is 17.9 Å². The van der Waals surface area contributed by atoms with Crippen LogP contribution in [-0.4, -0.2) is 48.7 Å². The quantitative estimate of drug-likeness (QED) is 0.638. The third-order valence-corrected chi connectivity index (χ3v) is 5.57. The number of hydrogen-bond acceptors (Lipinski definition) is 7. The van der Waals surface area contributed by atoms with Crippen LogP contribution in [0.25, 0.3) is 0 Å². The highest BCUT2D eigenvalue weighted by atomic mass is 16.5. The highest BCUT2D eigenvalue weighted by molar-refractivity contribution is 5.66. The number of ether oxygens (including phenoxy) is 3. The summed E-state index contributed by atoms with van der Waals surface area (Å²) in [7, 11) is 2.96. The van der Waals surface area contributed by atoms with Crippen molar-refractivity contribution in [2.45, 2.75) is 19.3 Å². The number of fused-ring (bicyclic) bond motifs is 1. The lowest BCUT2D eigenvalue weighted by Gasteiger charge is -2.39. The van der Waals surface area contributed by atoms with Gasteiger partial charge in [0, 0.05) is 25.4 Å². The highest BCUT2D eigenvalue weighted by Gasteiger charge is 2.39. The van der Waals surface area contributed by atoms with Crippen molar-refractivity contribution in [2.75, 3.05) is 27.4 Å². The number of benzene rings is 2. The van der Waals surface area contributed by atoms with Crippen molar-refractivity contribution in [2.24, 2.45) is 11.8 Å². The molecule has 156 valence electrons. The summed E-state index contributed by atoms with van der Waals surface area (Å²) in [5.41, 5.74) is 2.62. The third kappa shape index (κ3) is 4.10. The first-order valence-electron chi connectivity index (χ1n) is 9.40. The van der Waals surface area contributed by atoms with Gasteiger partial charge in [0.05, 0.1) is 20.8 Å². The Labute approximate surface area is 169 Å². The number of aromatic hydroxyl groups is 2. The number of phenols is 2. The summed E-state index contributed by atoms with van der Waals surface area (Å²) < 4.78 is 15.8. The van der Waals surface area contributed by atoms with Gasteiger partial charge in [0.1, 0.15) is 0 Å². The third-order valence-electron chi connectivity index (χ3n) is 5.57. The van der Waals surface area contributed by atoms with E-state index < -0.39 is 0 Å². The van der Waals surface area contributed by atoms with Crippen LogP contribution in [0.2, 0.25) is 0 Å². The molecule has 3 atom stereocenters. The molecule has 7 heteroatoms. The molecule has 7 nitrogen and oxygen atoms in total. The van der Waals surface area contributed by atoms with E-state index in [4.69, 9.17) is 14.2 Å². The molecule has 0 amide bonds. The van der Waals surface area contributed by atoms with E-state index in [1.54, 1.807) is 30.3 Å². The fourth-order valence-electron chi connectivity index (χ4n) is 4.17. The van der Waals surface area contributed by atoms with Gasteiger partial charge >= 0.3 is 5.97 Å². The molecule has 0 fully saturated rings. The van der Waals surface area contributed by atoms with E-state index in [9.17, 15) is 20.1 Å². The molecule has 3 rings (SSSR count). The minimum absolute atomic E-state index is 0.0112. The molecular weight excluding hydrogens is 376 g/mol. The predicted octanol–water partition coefficient (Wildman–Crippen LogP) is 2.59. The maximum absolute atomic E-state index is 11.4. The van der Waals surface area contributed by atoms with Crippen molar-refractivity contribution in [1.82, 2.24) is 0 Å². The van der Waals surface area contributed by atoms with Crippen molar-refractivity contribution in [3.05, 3.63) is 47.0 Å². The van der Waals surface area contributed by atoms with Crippen LogP contribution < -0.4 is 9.47 Å². The Morgan fingerprint density at radius 2 is 1.76 bits per heavy atom. The highest BCUT2D eigenvalue weighted by Crippen LogP contribution is 2.48. The molecule has 29 heavy (non-hydrogen) atoms. The molecule has 0 bridgehead atoms. The average molecular weight is 402 g/mol. The molecule has 0 heterocycles. The number of esters is 1. The summed E-state index contributed by atoms with van der Waals surface area (Å²) in [6.07, 6.45) is 0.566. The number of carbonyl (C=O) groups is 1. The molecule has 0 unspecified atom stereocenters. The topological polar surface area (TPSA) is 105 Å². The first-order chi connectivity index (χ1) is 13.9. The molecule has 0 radical (unpaired) electrons. The Morgan fingerprint density at radius 1 is 1.07 bits per heavy atom. The number of aliphatic hydroxyl groups is 1. The number of hydrogen-bond donors (Lipinski definition) is 3. The molecule has 0 aliphatic heterocycles. The van der Waals surface area contributed by atoms with Crippen LogP contribution >= 0.6 is 0 Å². The molecule has 2 aromatic carbocycles. The normalized spacial score (nSPS) is 20.6. The fourth-order valence-corrected chi connectivity index (χ4v) is 4.17. The zero-order chi connectivity index (χ0) is 21.1. The minimum Gasteiger partial charge on any atom is -0.504 e. The fraction of sp³-hybridized carbons (Fsp3) is 0.409. The van der Waals surface area contributed by atoms with Gasteiger partial charge in [-0.2, -0.15) is 0 Å². The zero-order valence-electron chi connectivity index (χ0n) is 16.7. The first kappa shape index (κ1) is 20.8. The summed E-state index contributed by atoms with van der Waals surface area (Å²) in [5.74, 6) is -0.354. The van der Waals surface area contributed by atoms with Crippen LogP contribution in [0.1, 0.15) is 29.5 Å². The van der Waals surface area contributed by atoms with Gasteiger partial charge in [0.25, 0.3) is 0 Å². The van der Waals surface area contributed by atoms with Crippen LogP contribution in [0.5, 0.6) is 23.0 Å². The number of carbonyl (C=O) groups excluding carboxylic acids is 1. The molecule has 0 saturated carbocycles. The lowest BCUT2D eigenvalue weighted by molar-refractivity contribution is -0.143. The molecule has 0 spiro atoms. The van der Waals surface area contributed by atoms with Gasteiger partial charge in [-0.1, -0.05) is 6.07 Å². The maximum atomic E-state index is 11.4. The van der Waals surface area contributed by atoms with Gasteiger partial charge in [0.2, 0.25) is 0 Å². The molecule has 1 aliphatic rings. The summed E-state index contributed by atoms with van der Waals surface area (Å²) in [5, 5.41) is 30.6. The summed E-state index contributed by atoms with van der Waals surface area (Å²) in [6.45, 7) is 1.40. The Morgan fingerprint density at radius 3 is 2.38 bits per heavy atom. The lowest BCUT2D eigenvalue weighted by Crippen LogP contribution is -2.36. The molecule has 3 N–H and O–H groups in total. The Hall–Kier alpha value is -2.93. The van der Waals surface area contributed by atoms with Crippen molar-refractivity contribution in [3.8, 4) is 23.0 Å². The molecule has 2 aromatic rings. The van der Waals surface area contributed by atoms with Crippen molar-refractivity contribution in [1.29, 1.82) is 0 Å². The predicted molar refractivity (Wildman–Crippen MR) is 106 cm³/mol. The second-order valence-corrected chi connectivity index (χ2v) is 7.25. The number of rotatable bonds is 6. The van der Waals surface area contributed by atoms with E-state index >= 15 is 0 Å². The van der Waals surface area contributed by atoms with E-state index in [-0.39, 0.29) is 48.4 Å². The average Bonchev–Trinajstić information content (AvgIpc) is 2.71. The van der Waals surface area contributed by atoms with E-state index in [1.807, 2.05) is 0 Å². The standard InChI is InChI=1S/C22H26O7/c1-12(24)29-11-15-6-14-8-21(28-3)19(26)9-16(14)22(17(15)10-23)13-4-5-18(25)20(7-13)27-2/h4-5,7-9,15,17,22-23,25-26H,6,10-11H2,1-3H3/t15-,17-,22-/m0/s1. The zero-order valence-corrected chi connectivity index (χ0v) is 16.7. The van der Waals surface area contributed by atoms with Gasteiger partial charge in [-0.25, -0.2) is 0 Å². The van der Waals surface area contributed by atoms with E-state index in [1.165, 1.54) is 21.1 Å². The molecule has 0 aromatic heterocycles. The Kier molecular flexibility index (Phi) is 6.17. The summed E-state index contributed by atoms with van der Waals surface area (Å²) in [4.78, 5) is 11.4. The molecular formula is C22H26O7. The van der Waals surface area contributed by atoms with E-state index in [0.717, 1.165) is 16.7 Å². The largest absolute Gasteiger partial charge is 0.504 e.